The van der Waals surface area contributed by atoms with E-state index in [-0.39, 0.29) is 35.6 Å². The zero-order chi connectivity index (χ0) is 15.3. The first-order valence-corrected chi connectivity index (χ1v) is 6.58. The summed E-state index contributed by atoms with van der Waals surface area (Å²) in [6, 6.07) is 0. The Bertz CT molecular complexity index is 804. The molecule has 0 aromatic carbocycles. The van der Waals surface area contributed by atoms with Gasteiger partial charge >= 0.3 is 0 Å². The number of nitrogens with two attached hydrogens (primary N) is 1. The van der Waals surface area contributed by atoms with Crippen molar-refractivity contribution in [3.05, 3.63) is 32.9 Å². The largest absolute Gasteiger partial charge is 0.369 e. The summed E-state index contributed by atoms with van der Waals surface area (Å²) in [6.45, 7) is 3.79. The minimum absolute atomic E-state index is 0.0145. The Balaban J connectivity index is 2.27. The van der Waals surface area contributed by atoms with Gasteiger partial charge in [-0.1, -0.05) is 0 Å². The van der Waals surface area contributed by atoms with Crippen LogP contribution in [0, 0.1) is 13.8 Å². The Hall–Kier alpha value is -2.64. The van der Waals surface area contributed by atoms with Crippen LogP contribution < -0.4 is 16.6 Å². The van der Waals surface area contributed by atoms with Crippen LogP contribution in [0.5, 0.6) is 0 Å². The number of nitrogen functional groups attached to an aromatic ring is 1. The molecule has 2 aromatic heterocycles. The molecule has 4 N–H and O–H groups in total. The highest BCUT2D eigenvalue weighted by Crippen LogP contribution is 2.36. The Morgan fingerprint density at radius 3 is 2.62 bits per heavy atom. The van der Waals surface area contributed by atoms with Crippen molar-refractivity contribution in [3.8, 4) is 0 Å². The number of nitrogens with zero attached hydrogens (tertiary/aromatic N) is 3. The number of nitrogens with one attached hydrogen (secondary N) is 2. The van der Waals surface area contributed by atoms with Gasteiger partial charge in [0, 0.05) is 30.6 Å². The molecule has 3 rings (SSSR count). The van der Waals surface area contributed by atoms with Crippen LogP contribution in [-0.2, 0) is 11.8 Å². The summed E-state index contributed by atoms with van der Waals surface area (Å²) in [5.41, 5.74) is 8.27. The predicted molar refractivity (Wildman–Crippen MR) is 77.0 cm³/mol. The van der Waals surface area contributed by atoms with E-state index in [1.54, 1.807) is 4.68 Å². The maximum Gasteiger partial charge on any atom is 0.258 e. The lowest BCUT2D eigenvalue weighted by molar-refractivity contribution is -0.116. The lowest BCUT2D eigenvalue weighted by Gasteiger charge is -2.24. The third-order valence-corrected chi connectivity index (χ3v) is 3.88. The summed E-state index contributed by atoms with van der Waals surface area (Å²) in [4.78, 5) is 30.7. The predicted octanol–water partition coefficient (Wildman–Crippen LogP) is 0.177. The van der Waals surface area contributed by atoms with E-state index in [2.05, 4.69) is 20.4 Å². The van der Waals surface area contributed by atoms with Crippen LogP contribution in [0.2, 0.25) is 0 Å². The van der Waals surface area contributed by atoms with Crippen molar-refractivity contribution in [2.75, 3.05) is 11.1 Å². The molecule has 8 nitrogen and oxygen atoms in total. The van der Waals surface area contributed by atoms with Crippen molar-refractivity contribution in [1.29, 1.82) is 0 Å². The van der Waals surface area contributed by atoms with E-state index < -0.39 is 0 Å². The molecule has 0 fully saturated rings. The van der Waals surface area contributed by atoms with Crippen molar-refractivity contribution in [2.24, 2.45) is 7.05 Å². The number of aryl methyl sites for hydroxylation is 2. The fourth-order valence-electron chi connectivity index (χ4n) is 2.93. The molecule has 8 heteroatoms. The maximum atomic E-state index is 12.3. The Kier molecular flexibility index (Phi) is 2.82. The molecular formula is C13H16N6O2. The second kappa shape index (κ2) is 4.44. The lowest BCUT2D eigenvalue weighted by Crippen LogP contribution is -2.32. The smallest absolute Gasteiger partial charge is 0.258 e. The van der Waals surface area contributed by atoms with E-state index in [9.17, 15) is 9.59 Å². The number of hydrogen-bond acceptors (Lipinski definition) is 5. The minimum atomic E-state index is -0.362. The quantitative estimate of drug-likeness (QED) is 0.691. The summed E-state index contributed by atoms with van der Waals surface area (Å²) in [6.07, 6.45) is 0.190. The highest BCUT2D eigenvalue weighted by molar-refractivity contribution is 5.94. The van der Waals surface area contributed by atoms with Crippen molar-refractivity contribution >= 4 is 17.7 Å². The van der Waals surface area contributed by atoms with Crippen LogP contribution in [0.25, 0.3) is 0 Å². The molecule has 21 heavy (non-hydrogen) atoms. The topological polar surface area (TPSA) is 119 Å². The fourth-order valence-corrected chi connectivity index (χ4v) is 2.93. The number of anilines is 2. The number of carbonyl (C=O) groups excluding carboxylic acids is 1. The summed E-state index contributed by atoms with van der Waals surface area (Å²) < 4.78 is 1.75. The van der Waals surface area contributed by atoms with Crippen molar-refractivity contribution in [2.45, 2.75) is 26.2 Å². The normalized spacial score (nSPS) is 17.5. The average molecular weight is 288 g/mol. The van der Waals surface area contributed by atoms with Gasteiger partial charge in [-0.2, -0.15) is 10.1 Å². The number of carbonyl (C=O) groups is 1. The Morgan fingerprint density at radius 1 is 1.29 bits per heavy atom. The number of aromatic amines is 1. The van der Waals surface area contributed by atoms with Crippen molar-refractivity contribution in [1.82, 2.24) is 19.7 Å². The van der Waals surface area contributed by atoms with Crippen LogP contribution >= 0.6 is 0 Å². The van der Waals surface area contributed by atoms with Crippen LogP contribution in [0.15, 0.2) is 4.79 Å². The number of fused-ring (bicyclic) bond motifs is 1. The zero-order valence-corrected chi connectivity index (χ0v) is 12.0. The molecule has 110 valence electrons. The van der Waals surface area contributed by atoms with E-state index in [0.29, 0.717) is 5.56 Å². The standard InChI is InChI=1S/C13H16N6O2/c1-5-9(6(2)19(3)18-5)7-4-8(20)15-11-10(7)12(21)17-13(14)16-11/h7H,4H2,1-3H3,(H4,14,15,16,17,20,21)/t7-/m1/s1. The summed E-state index contributed by atoms with van der Waals surface area (Å²) in [7, 11) is 1.83. The third-order valence-electron chi connectivity index (χ3n) is 3.88. The first-order valence-electron chi connectivity index (χ1n) is 6.58. The van der Waals surface area contributed by atoms with Gasteiger partial charge in [-0.05, 0) is 13.8 Å². The van der Waals surface area contributed by atoms with E-state index in [0.717, 1.165) is 17.0 Å². The number of hydrogen-bond donors (Lipinski definition) is 3. The van der Waals surface area contributed by atoms with Gasteiger partial charge in [0.1, 0.15) is 5.82 Å². The zero-order valence-electron chi connectivity index (χ0n) is 12.0. The molecule has 3 heterocycles. The number of amides is 1. The maximum absolute atomic E-state index is 12.3. The van der Waals surface area contributed by atoms with Gasteiger partial charge in [0.2, 0.25) is 11.9 Å². The highest BCUT2D eigenvalue weighted by Gasteiger charge is 2.33. The second-order valence-electron chi connectivity index (χ2n) is 5.23. The van der Waals surface area contributed by atoms with Crippen LogP contribution in [-0.4, -0.2) is 25.7 Å². The summed E-state index contributed by atoms with van der Waals surface area (Å²) in [5.74, 6) is -0.327. The van der Waals surface area contributed by atoms with Gasteiger partial charge in [-0.25, -0.2) is 0 Å². The summed E-state index contributed by atoms with van der Waals surface area (Å²) >= 11 is 0. The highest BCUT2D eigenvalue weighted by atomic mass is 16.2. The third kappa shape index (κ3) is 1.99. The average Bonchev–Trinajstić information content (AvgIpc) is 2.61. The SMILES string of the molecule is Cc1nn(C)c(C)c1[C@H]1CC(=O)Nc2nc(N)[nH]c(=O)c21. The van der Waals surface area contributed by atoms with Crippen molar-refractivity contribution in [3.63, 3.8) is 0 Å². The first-order chi connectivity index (χ1) is 9.88. The van der Waals surface area contributed by atoms with Gasteiger partial charge in [-0.15, -0.1) is 0 Å². The van der Waals surface area contributed by atoms with Crippen molar-refractivity contribution < 1.29 is 4.79 Å². The number of rotatable bonds is 1. The van der Waals surface area contributed by atoms with E-state index in [1.807, 2.05) is 20.9 Å². The van der Waals surface area contributed by atoms with Gasteiger partial charge in [-0.3, -0.25) is 19.3 Å². The second-order valence-corrected chi connectivity index (χ2v) is 5.23. The molecule has 0 unspecified atom stereocenters. The molecular weight excluding hydrogens is 272 g/mol. The molecule has 0 radical (unpaired) electrons. The molecule has 1 aliphatic rings. The molecule has 2 aromatic rings. The first kappa shape index (κ1) is 13.3. The minimum Gasteiger partial charge on any atom is -0.369 e. The fraction of sp³-hybridized carbons (Fsp3) is 0.385. The van der Waals surface area contributed by atoms with Crippen LogP contribution in [0.1, 0.15) is 34.9 Å². The van der Waals surface area contributed by atoms with Crippen LogP contribution in [0.4, 0.5) is 11.8 Å². The molecule has 1 atom stereocenters. The molecule has 0 aliphatic carbocycles. The van der Waals surface area contributed by atoms with E-state index in [4.69, 9.17) is 5.73 Å². The lowest BCUT2D eigenvalue weighted by atomic mass is 9.85. The van der Waals surface area contributed by atoms with Gasteiger partial charge in [0.15, 0.2) is 0 Å². The van der Waals surface area contributed by atoms with Crippen LogP contribution in [0.3, 0.4) is 0 Å². The molecule has 0 saturated carbocycles. The summed E-state index contributed by atoms with van der Waals surface area (Å²) in [5, 5.41) is 6.97. The molecule has 0 bridgehead atoms. The number of aromatic nitrogens is 4. The molecule has 0 spiro atoms. The van der Waals surface area contributed by atoms with Gasteiger partial charge in [0.05, 0.1) is 11.3 Å². The molecule has 0 saturated heterocycles. The van der Waals surface area contributed by atoms with E-state index >= 15 is 0 Å². The van der Waals surface area contributed by atoms with E-state index in [1.165, 1.54) is 0 Å². The Labute approximate surface area is 120 Å². The Morgan fingerprint density at radius 2 is 2.00 bits per heavy atom. The van der Waals surface area contributed by atoms with Gasteiger partial charge < -0.3 is 11.1 Å². The van der Waals surface area contributed by atoms with Gasteiger partial charge in [0.25, 0.3) is 5.56 Å². The monoisotopic (exact) mass is 288 g/mol. The molecule has 1 aliphatic heterocycles. The molecule has 1 amide bonds. The number of H-pyrrole nitrogens is 1.